The number of ether oxygens (including phenoxy) is 1. The van der Waals surface area contributed by atoms with Crippen LogP contribution >= 0.6 is 0 Å². The van der Waals surface area contributed by atoms with Crippen molar-refractivity contribution in [1.82, 2.24) is 5.32 Å². The number of methoxy groups -OCH3 is 1. The van der Waals surface area contributed by atoms with Crippen LogP contribution in [-0.4, -0.2) is 37.7 Å². The van der Waals surface area contributed by atoms with Crippen LogP contribution in [0.5, 0.6) is 0 Å². The standard InChI is InChI=1S/C15H22N2O2/c1-11-9-17(10-15(2,3)16-11)13-8-6-5-7-12(13)14(18)19-4/h5-8,11,16H,9-10H2,1-4H3. The van der Waals surface area contributed by atoms with Crippen LogP contribution in [0.1, 0.15) is 31.1 Å². The molecule has 104 valence electrons. The molecule has 4 nitrogen and oxygen atoms in total. The summed E-state index contributed by atoms with van der Waals surface area (Å²) in [6.07, 6.45) is 0. The molecule has 1 heterocycles. The Bertz CT molecular complexity index is 471. The molecule has 0 radical (unpaired) electrons. The summed E-state index contributed by atoms with van der Waals surface area (Å²) in [6, 6.07) is 8.02. The van der Waals surface area contributed by atoms with E-state index in [9.17, 15) is 4.79 Å². The normalized spacial score (nSPS) is 22.1. The molecule has 0 aromatic heterocycles. The van der Waals surface area contributed by atoms with E-state index in [2.05, 4.69) is 31.0 Å². The van der Waals surface area contributed by atoms with Gasteiger partial charge in [0.1, 0.15) is 0 Å². The van der Waals surface area contributed by atoms with Crippen molar-refractivity contribution in [3.63, 3.8) is 0 Å². The number of carbonyl (C=O) groups excluding carboxylic acids is 1. The number of rotatable bonds is 2. The Labute approximate surface area is 114 Å². The van der Waals surface area contributed by atoms with Crippen LogP contribution < -0.4 is 10.2 Å². The smallest absolute Gasteiger partial charge is 0.339 e. The maximum Gasteiger partial charge on any atom is 0.339 e. The van der Waals surface area contributed by atoms with Crippen molar-refractivity contribution in [3.8, 4) is 0 Å². The third-order valence-electron chi connectivity index (χ3n) is 3.37. The molecule has 0 bridgehead atoms. The molecule has 2 rings (SSSR count). The summed E-state index contributed by atoms with van der Waals surface area (Å²) >= 11 is 0. The maximum absolute atomic E-state index is 11.9. The van der Waals surface area contributed by atoms with Crippen molar-refractivity contribution in [2.45, 2.75) is 32.4 Å². The molecule has 0 saturated carbocycles. The number of nitrogens with one attached hydrogen (secondary N) is 1. The topological polar surface area (TPSA) is 41.6 Å². The Morgan fingerprint density at radius 2 is 2.11 bits per heavy atom. The third kappa shape index (κ3) is 3.07. The zero-order chi connectivity index (χ0) is 14.0. The first-order valence-corrected chi connectivity index (χ1v) is 6.63. The molecular weight excluding hydrogens is 240 g/mol. The molecule has 1 unspecified atom stereocenters. The summed E-state index contributed by atoms with van der Waals surface area (Å²) in [6.45, 7) is 8.27. The average Bonchev–Trinajstić information content (AvgIpc) is 2.35. The van der Waals surface area contributed by atoms with Gasteiger partial charge in [-0.3, -0.25) is 0 Å². The van der Waals surface area contributed by atoms with E-state index in [0.29, 0.717) is 11.6 Å². The van der Waals surface area contributed by atoms with Gasteiger partial charge in [0, 0.05) is 24.7 Å². The summed E-state index contributed by atoms with van der Waals surface area (Å²) in [5, 5.41) is 3.56. The van der Waals surface area contributed by atoms with Crippen molar-refractivity contribution in [3.05, 3.63) is 29.8 Å². The van der Waals surface area contributed by atoms with Crippen LogP contribution in [0.3, 0.4) is 0 Å². The second-order valence-electron chi connectivity index (χ2n) is 5.82. The van der Waals surface area contributed by atoms with Crippen molar-refractivity contribution in [2.24, 2.45) is 0 Å². The number of carbonyl (C=O) groups is 1. The molecule has 1 aromatic rings. The van der Waals surface area contributed by atoms with Gasteiger partial charge in [-0.05, 0) is 32.9 Å². The van der Waals surface area contributed by atoms with Gasteiger partial charge < -0.3 is 15.0 Å². The molecule has 0 amide bonds. The monoisotopic (exact) mass is 262 g/mol. The maximum atomic E-state index is 11.9. The van der Waals surface area contributed by atoms with E-state index in [4.69, 9.17) is 4.74 Å². The van der Waals surface area contributed by atoms with E-state index in [1.807, 2.05) is 24.3 Å². The summed E-state index contributed by atoms with van der Waals surface area (Å²) in [7, 11) is 1.42. The van der Waals surface area contributed by atoms with E-state index < -0.39 is 0 Å². The van der Waals surface area contributed by atoms with E-state index in [-0.39, 0.29) is 11.5 Å². The lowest BCUT2D eigenvalue weighted by Gasteiger charge is -2.44. The SMILES string of the molecule is COC(=O)c1ccccc1N1CC(C)NC(C)(C)C1. The summed E-state index contributed by atoms with van der Waals surface area (Å²) in [5.41, 5.74) is 1.62. The van der Waals surface area contributed by atoms with Crippen molar-refractivity contribution in [2.75, 3.05) is 25.1 Å². The molecule has 1 N–H and O–H groups in total. The van der Waals surface area contributed by atoms with Crippen molar-refractivity contribution in [1.29, 1.82) is 0 Å². The van der Waals surface area contributed by atoms with Crippen molar-refractivity contribution < 1.29 is 9.53 Å². The van der Waals surface area contributed by atoms with Crippen LogP contribution in [0.25, 0.3) is 0 Å². The van der Waals surface area contributed by atoms with Gasteiger partial charge in [-0.15, -0.1) is 0 Å². The molecule has 1 atom stereocenters. The van der Waals surface area contributed by atoms with E-state index in [1.54, 1.807) is 0 Å². The number of esters is 1. The fourth-order valence-electron chi connectivity index (χ4n) is 2.85. The van der Waals surface area contributed by atoms with Gasteiger partial charge in [-0.25, -0.2) is 4.79 Å². The minimum absolute atomic E-state index is 0.0287. The Hall–Kier alpha value is -1.55. The summed E-state index contributed by atoms with van der Waals surface area (Å²) < 4.78 is 4.87. The highest BCUT2D eigenvalue weighted by Gasteiger charge is 2.31. The Morgan fingerprint density at radius 1 is 1.42 bits per heavy atom. The fourth-order valence-corrected chi connectivity index (χ4v) is 2.85. The Kier molecular flexibility index (Phi) is 3.80. The molecule has 4 heteroatoms. The van der Waals surface area contributed by atoms with E-state index in [1.165, 1.54) is 7.11 Å². The van der Waals surface area contributed by atoms with Crippen LogP contribution in [0.2, 0.25) is 0 Å². The second kappa shape index (κ2) is 5.21. The molecule has 1 aliphatic rings. The summed E-state index contributed by atoms with van der Waals surface area (Å²) in [5.74, 6) is -0.278. The number of hydrogen-bond donors (Lipinski definition) is 1. The molecular formula is C15H22N2O2. The van der Waals surface area contributed by atoms with Crippen molar-refractivity contribution >= 4 is 11.7 Å². The Balaban J connectivity index is 2.33. The molecule has 1 fully saturated rings. The third-order valence-corrected chi connectivity index (χ3v) is 3.37. The first-order valence-electron chi connectivity index (χ1n) is 6.63. The van der Waals surface area contributed by atoms with Gasteiger partial charge in [0.2, 0.25) is 0 Å². The number of piperazine rings is 1. The highest BCUT2D eigenvalue weighted by atomic mass is 16.5. The lowest BCUT2D eigenvalue weighted by molar-refractivity contribution is 0.0601. The quantitative estimate of drug-likeness (QED) is 0.828. The minimum atomic E-state index is -0.278. The second-order valence-corrected chi connectivity index (χ2v) is 5.82. The van der Waals surface area contributed by atoms with Gasteiger partial charge in [0.25, 0.3) is 0 Å². The van der Waals surface area contributed by atoms with E-state index >= 15 is 0 Å². The van der Waals surface area contributed by atoms with Gasteiger partial charge in [0.05, 0.1) is 18.4 Å². The van der Waals surface area contributed by atoms with Crippen LogP contribution in [-0.2, 0) is 4.74 Å². The van der Waals surface area contributed by atoms with Gasteiger partial charge in [-0.2, -0.15) is 0 Å². The number of para-hydroxylation sites is 1. The molecule has 0 aliphatic carbocycles. The van der Waals surface area contributed by atoms with Gasteiger partial charge in [-0.1, -0.05) is 12.1 Å². The predicted molar refractivity (Wildman–Crippen MR) is 76.7 cm³/mol. The average molecular weight is 262 g/mol. The van der Waals surface area contributed by atoms with Crippen LogP contribution in [0.15, 0.2) is 24.3 Å². The minimum Gasteiger partial charge on any atom is -0.465 e. The molecule has 1 saturated heterocycles. The number of anilines is 1. The largest absolute Gasteiger partial charge is 0.465 e. The summed E-state index contributed by atoms with van der Waals surface area (Å²) in [4.78, 5) is 14.1. The number of benzene rings is 1. The zero-order valence-corrected chi connectivity index (χ0v) is 12.1. The molecule has 19 heavy (non-hydrogen) atoms. The van der Waals surface area contributed by atoms with E-state index in [0.717, 1.165) is 18.8 Å². The Morgan fingerprint density at radius 3 is 2.74 bits per heavy atom. The highest BCUT2D eigenvalue weighted by molar-refractivity contribution is 5.95. The molecule has 0 spiro atoms. The number of hydrogen-bond acceptors (Lipinski definition) is 4. The zero-order valence-electron chi connectivity index (χ0n) is 12.1. The predicted octanol–water partition coefficient (Wildman–Crippen LogP) is 2.05. The molecule has 1 aromatic carbocycles. The number of nitrogens with zero attached hydrogens (tertiary/aromatic N) is 1. The van der Waals surface area contributed by atoms with Gasteiger partial charge in [0.15, 0.2) is 0 Å². The first-order chi connectivity index (χ1) is 8.93. The van der Waals surface area contributed by atoms with Gasteiger partial charge >= 0.3 is 5.97 Å². The first kappa shape index (κ1) is 13.9. The van der Waals surface area contributed by atoms with Crippen LogP contribution in [0, 0.1) is 0 Å². The van der Waals surface area contributed by atoms with Crippen LogP contribution in [0.4, 0.5) is 5.69 Å². The lowest BCUT2D eigenvalue weighted by Crippen LogP contribution is -2.61. The molecule has 1 aliphatic heterocycles. The fraction of sp³-hybridized carbons (Fsp3) is 0.533. The highest BCUT2D eigenvalue weighted by Crippen LogP contribution is 2.25. The lowest BCUT2D eigenvalue weighted by atomic mass is 9.97.